The van der Waals surface area contributed by atoms with Gasteiger partial charge in [-0.15, -0.1) is 11.8 Å². The minimum Gasteiger partial charge on any atom is -0.504 e. The SMILES string of the molecule is COc1cccc([C@H]2SCC(=S)Nc3ccc(Cl)cc32)c1O. The molecular formula is C16H14ClNO2S2. The van der Waals surface area contributed by atoms with Crippen LogP contribution in [0.1, 0.15) is 16.4 Å². The van der Waals surface area contributed by atoms with Gasteiger partial charge in [-0.2, -0.15) is 0 Å². The van der Waals surface area contributed by atoms with Crippen LogP contribution in [0.2, 0.25) is 5.02 Å². The standard InChI is InChI=1S/C16H14ClNO2S2/c1-20-13-4-2-3-10(15(13)19)16-11-7-9(17)5-6-12(11)18-14(21)8-22-16/h2-7,16,19H,8H2,1H3,(H,18,21)/t16-/m1/s1. The highest BCUT2D eigenvalue weighted by atomic mass is 35.5. The Balaban J connectivity index is 2.15. The third kappa shape index (κ3) is 2.89. The number of anilines is 1. The molecule has 0 spiro atoms. The summed E-state index contributed by atoms with van der Waals surface area (Å²) in [6.45, 7) is 0. The highest BCUT2D eigenvalue weighted by Gasteiger charge is 2.26. The first-order chi connectivity index (χ1) is 10.6. The number of benzene rings is 2. The smallest absolute Gasteiger partial charge is 0.162 e. The highest BCUT2D eigenvalue weighted by Crippen LogP contribution is 2.47. The van der Waals surface area contributed by atoms with Crippen LogP contribution in [0.5, 0.6) is 11.5 Å². The van der Waals surface area contributed by atoms with Crippen LogP contribution in [0.25, 0.3) is 0 Å². The molecule has 0 aromatic heterocycles. The van der Waals surface area contributed by atoms with Crippen LogP contribution in [-0.2, 0) is 0 Å². The van der Waals surface area contributed by atoms with Gasteiger partial charge < -0.3 is 15.2 Å². The summed E-state index contributed by atoms with van der Waals surface area (Å²) >= 11 is 13.1. The zero-order chi connectivity index (χ0) is 15.7. The Hall–Kier alpha value is -1.43. The maximum atomic E-state index is 10.5. The Morgan fingerprint density at radius 1 is 1.32 bits per heavy atom. The van der Waals surface area contributed by atoms with E-state index in [-0.39, 0.29) is 11.0 Å². The van der Waals surface area contributed by atoms with E-state index >= 15 is 0 Å². The number of phenols is 1. The minimum absolute atomic E-state index is 0.0725. The second-order valence-electron chi connectivity index (χ2n) is 4.87. The number of aromatic hydroxyl groups is 1. The van der Waals surface area contributed by atoms with Gasteiger partial charge in [0.05, 0.1) is 17.3 Å². The van der Waals surface area contributed by atoms with E-state index in [9.17, 15) is 5.11 Å². The van der Waals surface area contributed by atoms with Crippen LogP contribution in [0.4, 0.5) is 5.69 Å². The van der Waals surface area contributed by atoms with Crippen LogP contribution < -0.4 is 10.1 Å². The van der Waals surface area contributed by atoms with Crippen molar-refractivity contribution < 1.29 is 9.84 Å². The molecule has 1 aliphatic rings. The van der Waals surface area contributed by atoms with Gasteiger partial charge in [-0.3, -0.25) is 0 Å². The summed E-state index contributed by atoms with van der Waals surface area (Å²) < 4.78 is 5.21. The van der Waals surface area contributed by atoms with E-state index in [4.69, 9.17) is 28.6 Å². The van der Waals surface area contributed by atoms with Gasteiger partial charge in [0.1, 0.15) is 0 Å². The van der Waals surface area contributed by atoms with Crippen molar-refractivity contribution >= 4 is 46.3 Å². The van der Waals surface area contributed by atoms with Gasteiger partial charge in [0.25, 0.3) is 0 Å². The lowest BCUT2D eigenvalue weighted by Gasteiger charge is -2.19. The lowest BCUT2D eigenvalue weighted by molar-refractivity contribution is 0.371. The van der Waals surface area contributed by atoms with Crippen molar-refractivity contribution in [1.82, 2.24) is 0 Å². The second-order valence-corrected chi connectivity index (χ2v) is 6.89. The maximum Gasteiger partial charge on any atom is 0.162 e. The lowest BCUT2D eigenvalue weighted by Crippen LogP contribution is -2.09. The largest absolute Gasteiger partial charge is 0.504 e. The molecule has 2 N–H and O–H groups in total. The van der Waals surface area contributed by atoms with Crippen molar-refractivity contribution in [3.63, 3.8) is 0 Å². The topological polar surface area (TPSA) is 41.5 Å². The molecule has 114 valence electrons. The van der Waals surface area contributed by atoms with E-state index in [1.807, 2.05) is 30.3 Å². The third-order valence-corrected chi connectivity index (χ3v) is 5.44. The molecule has 0 radical (unpaired) electrons. The van der Waals surface area contributed by atoms with E-state index in [0.717, 1.165) is 21.8 Å². The Kier molecular flexibility index (Phi) is 4.47. The Bertz CT molecular complexity index is 736. The number of para-hydroxylation sites is 1. The molecule has 2 aromatic carbocycles. The Morgan fingerprint density at radius 3 is 2.91 bits per heavy atom. The number of nitrogens with one attached hydrogen (secondary N) is 1. The van der Waals surface area contributed by atoms with Gasteiger partial charge in [0.15, 0.2) is 11.5 Å². The molecular weight excluding hydrogens is 338 g/mol. The fourth-order valence-corrected chi connectivity index (χ4v) is 4.10. The minimum atomic E-state index is -0.0725. The van der Waals surface area contributed by atoms with Crippen molar-refractivity contribution in [3.8, 4) is 11.5 Å². The number of rotatable bonds is 2. The quantitative estimate of drug-likeness (QED) is 0.772. The first kappa shape index (κ1) is 15.5. The molecule has 3 nitrogen and oxygen atoms in total. The van der Waals surface area contributed by atoms with E-state index < -0.39 is 0 Å². The molecule has 6 heteroatoms. The molecule has 0 saturated heterocycles. The van der Waals surface area contributed by atoms with Crippen LogP contribution in [-0.4, -0.2) is 23.0 Å². The molecule has 0 saturated carbocycles. The van der Waals surface area contributed by atoms with Crippen molar-refractivity contribution in [2.75, 3.05) is 18.2 Å². The molecule has 2 aromatic rings. The average Bonchev–Trinajstić information content (AvgIpc) is 2.66. The molecule has 0 unspecified atom stereocenters. The van der Waals surface area contributed by atoms with E-state index in [1.165, 1.54) is 0 Å². The van der Waals surface area contributed by atoms with Gasteiger partial charge in [-0.25, -0.2) is 0 Å². The molecule has 0 aliphatic carbocycles. The fraction of sp³-hybridized carbons (Fsp3) is 0.188. The fourth-order valence-electron chi connectivity index (χ4n) is 2.47. The predicted molar refractivity (Wildman–Crippen MR) is 96.6 cm³/mol. The number of fused-ring (bicyclic) bond motifs is 1. The third-order valence-electron chi connectivity index (χ3n) is 3.48. The van der Waals surface area contributed by atoms with Gasteiger partial charge in [0, 0.05) is 22.0 Å². The molecule has 22 heavy (non-hydrogen) atoms. The number of methoxy groups -OCH3 is 1. The van der Waals surface area contributed by atoms with Crippen molar-refractivity contribution in [2.24, 2.45) is 0 Å². The van der Waals surface area contributed by atoms with Crippen LogP contribution in [0, 0.1) is 0 Å². The van der Waals surface area contributed by atoms with Gasteiger partial charge in [0.2, 0.25) is 0 Å². The van der Waals surface area contributed by atoms with Crippen molar-refractivity contribution in [3.05, 3.63) is 52.5 Å². The summed E-state index contributed by atoms with van der Waals surface area (Å²) in [7, 11) is 1.54. The molecule has 0 bridgehead atoms. The molecule has 3 rings (SSSR count). The number of thiocarbonyl (C=S) groups is 1. The predicted octanol–water partition coefficient (Wildman–Crippen LogP) is 4.63. The summed E-state index contributed by atoms with van der Waals surface area (Å²) in [6.07, 6.45) is 0. The molecule has 1 aliphatic heterocycles. The normalized spacial score (nSPS) is 17.4. The van der Waals surface area contributed by atoms with Gasteiger partial charge in [-0.1, -0.05) is 36.0 Å². The summed E-state index contributed by atoms with van der Waals surface area (Å²) in [5.41, 5.74) is 2.71. The van der Waals surface area contributed by atoms with Crippen molar-refractivity contribution in [2.45, 2.75) is 5.25 Å². The van der Waals surface area contributed by atoms with E-state index in [1.54, 1.807) is 24.9 Å². The van der Waals surface area contributed by atoms with E-state index in [0.29, 0.717) is 16.5 Å². The van der Waals surface area contributed by atoms with E-state index in [2.05, 4.69) is 5.32 Å². The number of ether oxygens (including phenoxy) is 1. The number of halogens is 1. The molecule has 1 heterocycles. The molecule has 0 fully saturated rings. The van der Waals surface area contributed by atoms with Crippen LogP contribution in [0.3, 0.4) is 0 Å². The molecule has 0 amide bonds. The van der Waals surface area contributed by atoms with Gasteiger partial charge >= 0.3 is 0 Å². The Labute approximate surface area is 143 Å². The number of thioether (sulfide) groups is 1. The first-order valence-electron chi connectivity index (χ1n) is 6.67. The van der Waals surface area contributed by atoms with Crippen LogP contribution >= 0.6 is 35.6 Å². The Morgan fingerprint density at radius 2 is 2.14 bits per heavy atom. The summed E-state index contributed by atoms with van der Waals surface area (Å²) in [6, 6.07) is 11.2. The maximum absolute atomic E-state index is 10.5. The second kappa shape index (κ2) is 6.36. The first-order valence-corrected chi connectivity index (χ1v) is 8.50. The zero-order valence-electron chi connectivity index (χ0n) is 11.8. The van der Waals surface area contributed by atoms with Crippen molar-refractivity contribution in [1.29, 1.82) is 0 Å². The average molecular weight is 352 g/mol. The lowest BCUT2D eigenvalue weighted by atomic mass is 10.0. The monoisotopic (exact) mass is 351 g/mol. The zero-order valence-corrected chi connectivity index (χ0v) is 14.2. The van der Waals surface area contributed by atoms with Crippen LogP contribution in [0.15, 0.2) is 36.4 Å². The highest BCUT2D eigenvalue weighted by molar-refractivity contribution is 8.01. The number of hydrogen-bond donors (Lipinski definition) is 2. The number of hydrogen-bond acceptors (Lipinski definition) is 4. The van der Waals surface area contributed by atoms with Gasteiger partial charge in [-0.05, 0) is 29.8 Å². The summed E-state index contributed by atoms with van der Waals surface area (Å²) in [5, 5.41) is 14.3. The summed E-state index contributed by atoms with van der Waals surface area (Å²) in [4.78, 5) is 0.762. The number of phenolic OH excluding ortho intramolecular Hbond substituents is 1. The molecule has 1 atom stereocenters. The summed E-state index contributed by atoms with van der Waals surface area (Å²) in [5.74, 6) is 1.28.